The topological polar surface area (TPSA) is 40.5 Å². The summed E-state index contributed by atoms with van der Waals surface area (Å²) >= 11 is 0. The van der Waals surface area contributed by atoms with Gasteiger partial charge >= 0.3 is 0 Å². The molecule has 1 aliphatic carbocycles. The van der Waals surface area contributed by atoms with Gasteiger partial charge in [-0.1, -0.05) is 24.8 Å². The van der Waals surface area contributed by atoms with E-state index in [4.69, 9.17) is 5.11 Å². The number of hydrogen-bond donors (Lipinski definition) is 1. The molecule has 2 rings (SSSR count). The fraction of sp³-hybridized carbons (Fsp3) is 0.471. The highest BCUT2D eigenvalue weighted by atomic mass is 16.2. The molecule has 1 amide bonds. The zero-order valence-electron chi connectivity index (χ0n) is 12.3. The van der Waals surface area contributed by atoms with E-state index >= 15 is 0 Å². The molecule has 1 N–H and O–H groups in total. The van der Waals surface area contributed by atoms with Crippen LogP contribution in [0.5, 0.6) is 0 Å². The van der Waals surface area contributed by atoms with E-state index in [-0.39, 0.29) is 12.5 Å². The fourth-order valence-electron chi connectivity index (χ4n) is 2.37. The summed E-state index contributed by atoms with van der Waals surface area (Å²) < 4.78 is 0. The van der Waals surface area contributed by atoms with Crippen LogP contribution in [0.1, 0.15) is 34.8 Å². The molecular formula is C17H21NO2. The van der Waals surface area contributed by atoms with Gasteiger partial charge < -0.3 is 10.0 Å². The van der Waals surface area contributed by atoms with E-state index in [1.54, 1.807) is 4.90 Å². The van der Waals surface area contributed by atoms with E-state index in [1.165, 1.54) is 6.42 Å². The van der Waals surface area contributed by atoms with Crippen LogP contribution in [0.25, 0.3) is 0 Å². The first-order valence-corrected chi connectivity index (χ1v) is 6.98. The lowest BCUT2D eigenvalue weighted by atomic mass is 10.0. The third-order valence-corrected chi connectivity index (χ3v) is 3.91. The predicted octanol–water partition coefficient (Wildman–Crippen LogP) is 2.07. The number of aryl methyl sites for hydroxylation is 1. The molecule has 0 aliphatic heterocycles. The summed E-state index contributed by atoms with van der Waals surface area (Å²) in [6.45, 7) is 4.81. The SMILES string of the molecule is Cc1ccc(C#CCO)cc1C(=O)N(C)CC1CC1C. The summed E-state index contributed by atoms with van der Waals surface area (Å²) in [4.78, 5) is 14.3. The van der Waals surface area contributed by atoms with E-state index in [2.05, 4.69) is 18.8 Å². The Hall–Kier alpha value is -1.79. The summed E-state index contributed by atoms with van der Waals surface area (Å²) in [6.07, 6.45) is 1.22. The first-order valence-electron chi connectivity index (χ1n) is 6.98. The van der Waals surface area contributed by atoms with Gasteiger partial charge in [-0.3, -0.25) is 4.79 Å². The molecule has 1 aromatic carbocycles. The van der Waals surface area contributed by atoms with Crippen LogP contribution in [0, 0.1) is 30.6 Å². The van der Waals surface area contributed by atoms with Gasteiger partial charge in [-0.05, 0) is 42.9 Å². The second-order valence-electron chi connectivity index (χ2n) is 5.65. The predicted molar refractivity (Wildman–Crippen MR) is 79.4 cm³/mol. The van der Waals surface area contributed by atoms with Gasteiger partial charge in [0.05, 0.1) is 0 Å². The Labute approximate surface area is 120 Å². The van der Waals surface area contributed by atoms with Crippen molar-refractivity contribution in [2.45, 2.75) is 20.3 Å². The normalized spacial score (nSPS) is 20.0. The largest absolute Gasteiger partial charge is 0.384 e. The van der Waals surface area contributed by atoms with Gasteiger partial charge in [-0.25, -0.2) is 0 Å². The molecule has 1 aromatic rings. The lowest BCUT2D eigenvalue weighted by Crippen LogP contribution is -2.29. The Morgan fingerprint density at radius 3 is 2.80 bits per heavy atom. The number of carbonyl (C=O) groups is 1. The summed E-state index contributed by atoms with van der Waals surface area (Å²) in [6, 6.07) is 5.59. The number of aliphatic hydroxyl groups excluding tert-OH is 1. The van der Waals surface area contributed by atoms with Crippen LogP contribution < -0.4 is 0 Å². The zero-order chi connectivity index (χ0) is 14.7. The van der Waals surface area contributed by atoms with Gasteiger partial charge in [0.25, 0.3) is 5.91 Å². The number of amides is 1. The first kappa shape index (κ1) is 14.6. The molecule has 1 aliphatic rings. The fourth-order valence-corrected chi connectivity index (χ4v) is 2.37. The minimum Gasteiger partial charge on any atom is -0.384 e. The third kappa shape index (κ3) is 3.40. The molecule has 0 heterocycles. The number of hydrogen-bond acceptors (Lipinski definition) is 2. The second-order valence-corrected chi connectivity index (χ2v) is 5.65. The second kappa shape index (κ2) is 6.11. The van der Waals surface area contributed by atoms with Gasteiger partial charge in [-0.15, -0.1) is 0 Å². The van der Waals surface area contributed by atoms with Gasteiger partial charge in [-0.2, -0.15) is 0 Å². The van der Waals surface area contributed by atoms with Crippen molar-refractivity contribution in [2.24, 2.45) is 11.8 Å². The lowest BCUT2D eigenvalue weighted by Gasteiger charge is -2.18. The minimum absolute atomic E-state index is 0.0502. The average molecular weight is 271 g/mol. The molecule has 2 atom stereocenters. The monoisotopic (exact) mass is 271 g/mol. The number of carbonyl (C=O) groups excluding carboxylic acids is 1. The first-order chi connectivity index (χ1) is 9.52. The lowest BCUT2D eigenvalue weighted by molar-refractivity contribution is 0.0786. The molecule has 0 bridgehead atoms. The molecule has 20 heavy (non-hydrogen) atoms. The summed E-state index contributed by atoms with van der Waals surface area (Å²) in [5.74, 6) is 6.90. The highest BCUT2D eigenvalue weighted by molar-refractivity contribution is 5.95. The maximum Gasteiger partial charge on any atom is 0.253 e. The van der Waals surface area contributed by atoms with E-state index in [0.717, 1.165) is 23.6 Å². The zero-order valence-corrected chi connectivity index (χ0v) is 12.3. The molecule has 0 aromatic heterocycles. The molecular weight excluding hydrogens is 250 g/mol. The molecule has 1 fully saturated rings. The Morgan fingerprint density at radius 1 is 1.50 bits per heavy atom. The van der Waals surface area contributed by atoms with Crippen LogP contribution >= 0.6 is 0 Å². The number of benzene rings is 1. The molecule has 0 spiro atoms. The van der Waals surface area contributed by atoms with Gasteiger partial charge in [0.15, 0.2) is 0 Å². The van der Waals surface area contributed by atoms with Crippen molar-refractivity contribution < 1.29 is 9.90 Å². The Bertz CT molecular complexity index is 568. The van der Waals surface area contributed by atoms with Crippen LogP contribution in [-0.4, -0.2) is 36.1 Å². The van der Waals surface area contributed by atoms with Crippen LogP contribution in [0.15, 0.2) is 18.2 Å². The van der Waals surface area contributed by atoms with Crippen LogP contribution in [0.3, 0.4) is 0 Å². The van der Waals surface area contributed by atoms with Gasteiger partial charge in [0.2, 0.25) is 0 Å². The van der Waals surface area contributed by atoms with E-state index < -0.39 is 0 Å². The van der Waals surface area contributed by atoms with E-state index in [1.807, 2.05) is 32.2 Å². The summed E-state index contributed by atoms with van der Waals surface area (Å²) in [7, 11) is 1.86. The molecule has 106 valence electrons. The maximum absolute atomic E-state index is 12.5. The van der Waals surface area contributed by atoms with Crippen molar-refractivity contribution in [2.75, 3.05) is 20.2 Å². The van der Waals surface area contributed by atoms with E-state index in [0.29, 0.717) is 11.5 Å². The maximum atomic E-state index is 12.5. The van der Waals surface area contributed by atoms with Crippen molar-refractivity contribution in [3.8, 4) is 11.8 Å². The van der Waals surface area contributed by atoms with Crippen molar-refractivity contribution in [1.82, 2.24) is 4.90 Å². The molecule has 3 nitrogen and oxygen atoms in total. The Balaban J connectivity index is 2.15. The molecule has 1 saturated carbocycles. The molecule has 0 saturated heterocycles. The number of aliphatic hydroxyl groups is 1. The molecule has 3 heteroatoms. The van der Waals surface area contributed by atoms with Crippen LogP contribution in [0.4, 0.5) is 0 Å². The van der Waals surface area contributed by atoms with Crippen LogP contribution in [-0.2, 0) is 0 Å². The quantitative estimate of drug-likeness (QED) is 0.855. The smallest absolute Gasteiger partial charge is 0.253 e. The van der Waals surface area contributed by atoms with Crippen molar-refractivity contribution in [3.05, 3.63) is 34.9 Å². The average Bonchev–Trinajstić information content (AvgIpc) is 3.12. The highest BCUT2D eigenvalue weighted by Gasteiger charge is 2.34. The Morgan fingerprint density at radius 2 is 2.20 bits per heavy atom. The van der Waals surface area contributed by atoms with Gasteiger partial charge in [0.1, 0.15) is 6.61 Å². The number of nitrogens with zero attached hydrogens (tertiary/aromatic N) is 1. The Kier molecular flexibility index (Phi) is 4.46. The summed E-state index contributed by atoms with van der Waals surface area (Å²) in [5.41, 5.74) is 2.42. The van der Waals surface area contributed by atoms with Crippen molar-refractivity contribution in [1.29, 1.82) is 0 Å². The van der Waals surface area contributed by atoms with Crippen molar-refractivity contribution in [3.63, 3.8) is 0 Å². The minimum atomic E-state index is -0.170. The van der Waals surface area contributed by atoms with Gasteiger partial charge in [0, 0.05) is 24.7 Å². The number of rotatable bonds is 3. The standard InChI is InChI=1S/C17H21NO2/c1-12-6-7-14(5-4-8-19)10-16(12)17(20)18(3)11-15-9-13(15)2/h6-7,10,13,15,19H,8-9,11H2,1-3H3. The highest BCUT2D eigenvalue weighted by Crippen LogP contribution is 2.38. The van der Waals surface area contributed by atoms with Crippen molar-refractivity contribution >= 4 is 5.91 Å². The van der Waals surface area contributed by atoms with Crippen LogP contribution in [0.2, 0.25) is 0 Å². The summed E-state index contributed by atoms with van der Waals surface area (Å²) in [5, 5.41) is 8.73. The third-order valence-electron chi connectivity index (χ3n) is 3.91. The molecule has 0 radical (unpaired) electrons. The molecule has 2 unspecified atom stereocenters. The van der Waals surface area contributed by atoms with E-state index in [9.17, 15) is 4.79 Å².